The third-order valence-electron chi connectivity index (χ3n) is 18.5. The minimum Gasteiger partial charge on any atom is -0.481 e. The molecule has 2 aliphatic rings. The fourth-order valence-corrected chi connectivity index (χ4v) is 12.6. The second-order valence-corrected chi connectivity index (χ2v) is 27.4. The maximum atomic E-state index is 14.4. The van der Waals surface area contributed by atoms with Gasteiger partial charge in [0.2, 0.25) is 35.4 Å². The average Bonchev–Trinajstić information content (AvgIpc) is 0.841. The van der Waals surface area contributed by atoms with Crippen LogP contribution >= 0.6 is 0 Å². The molecule has 0 radical (unpaired) electrons. The maximum absolute atomic E-state index is 14.4. The summed E-state index contributed by atoms with van der Waals surface area (Å²) >= 11 is 0. The van der Waals surface area contributed by atoms with E-state index in [1.54, 1.807) is 26.5 Å². The summed E-state index contributed by atoms with van der Waals surface area (Å²) in [5.74, 6) is -13.2. The Bertz CT molecular complexity index is 3410. The molecule has 0 aromatic heterocycles. The number of carboxylic acids is 7. The number of unbranched alkanes of at least 4 members (excludes halogenated alkanes) is 2. The lowest BCUT2D eigenvalue weighted by atomic mass is 9.81. The lowest BCUT2D eigenvalue weighted by molar-refractivity contribution is -0.141. The first-order valence-electron chi connectivity index (χ1n) is 35.7. The third kappa shape index (κ3) is 32.8. The van der Waals surface area contributed by atoms with Gasteiger partial charge in [-0.25, -0.2) is 14.4 Å². The van der Waals surface area contributed by atoms with Crippen molar-refractivity contribution in [2.45, 2.75) is 153 Å². The Kier molecular flexibility index (Phi) is 36.5. The molecule has 1 heterocycles. The number of nitrogens with one attached hydrogen (secondary N) is 8. The van der Waals surface area contributed by atoms with Gasteiger partial charge in [0, 0.05) is 90.8 Å². The second kappa shape index (κ2) is 44.7. The first-order chi connectivity index (χ1) is 49.9. The Labute approximate surface area is 609 Å². The summed E-state index contributed by atoms with van der Waals surface area (Å²) in [6.45, 7) is 5.66. The van der Waals surface area contributed by atoms with E-state index in [0.29, 0.717) is 37.2 Å². The van der Waals surface area contributed by atoms with Crippen LogP contribution in [0.3, 0.4) is 0 Å². The predicted molar refractivity (Wildman–Crippen MR) is 381 cm³/mol. The maximum Gasteiger partial charge on any atom is 0.326 e. The van der Waals surface area contributed by atoms with Gasteiger partial charge in [-0.05, 0) is 123 Å². The van der Waals surface area contributed by atoms with E-state index >= 15 is 0 Å². The smallest absolute Gasteiger partial charge is 0.326 e. The van der Waals surface area contributed by atoms with E-state index in [9.17, 15) is 97.8 Å². The number of carbonyl (C=O) groups excluding carboxylic acids is 7. The molecular formula is C72H104N12O21. The second-order valence-electron chi connectivity index (χ2n) is 27.4. The van der Waals surface area contributed by atoms with Crippen LogP contribution < -0.4 is 42.5 Å². The molecule has 0 bridgehead atoms. The number of hydrogen-bond donors (Lipinski definition) is 15. The Morgan fingerprint density at radius 3 is 1.40 bits per heavy atom. The number of fused-ring (bicyclic) bond motifs is 1. The van der Waals surface area contributed by atoms with E-state index in [4.69, 9.17) is 5.11 Å². The number of amides is 8. The Morgan fingerprint density at radius 1 is 0.429 bits per heavy atom. The fraction of sp³-hybridized carbons (Fsp3) is 0.583. The molecule has 1 aliphatic carbocycles. The van der Waals surface area contributed by atoms with Gasteiger partial charge in [0.05, 0.1) is 38.5 Å². The zero-order valence-electron chi connectivity index (χ0n) is 59.9. The van der Waals surface area contributed by atoms with Crippen molar-refractivity contribution in [1.82, 2.24) is 62.1 Å². The van der Waals surface area contributed by atoms with Crippen molar-refractivity contribution >= 4 is 94.0 Å². The minimum atomic E-state index is -1.59. The minimum absolute atomic E-state index is 0.00517. The van der Waals surface area contributed by atoms with E-state index < -0.39 is 152 Å². The molecule has 0 spiro atoms. The average molecular weight is 1470 g/mol. The highest BCUT2D eigenvalue weighted by Gasteiger charge is 2.33. The molecule has 2 fully saturated rings. The van der Waals surface area contributed by atoms with Crippen molar-refractivity contribution in [2.24, 2.45) is 17.8 Å². The zero-order valence-corrected chi connectivity index (χ0v) is 59.9. The number of carboxylic acid groups (broad SMARTS) is 7. The predicted octanol–water partition coefficient (Wildman–Crippen LogP) is 1.35. The van der Waals surface area contributed by atoms with Crippen molar-refractivity contribution < 1.29 is 103 Å². The molecule has 105 heavy (non-hydrogen) atoms. The lowest BCUT2D eigenvalue weighted by Crippen LogP contribution is -2.52. The highest BCUT2D eigenvalue weighted by molar-refractivity contribution is 5.93. The highest BCUT2D eigenvalue weighted by Crippen LogP contribution is 2.29. The molecule has 6 unspecified atom stereocenters. The fourth-order valence-electron chi connectivity index (χ4n) is 12.6. The molecule has 5 rings (SSSR count). The topological polar surface area (TPSA) is 490 Å². The molecule has 33 nitrogen and oxygen atoms in total. The van der Waals surface area contributed by atoms with Crippen molar-refractivity contribution in [2.75, 3.05) is 98.2 Å². The highest BCUT2D eigenvalue weighted by atomic mass is 16.4. The van der Waals surface area contributed by atoms with E-state index in [0.717, 1.165) is 28.3 Å². The molecule has 33 heteroatoms. The first-order valence-corrected chi connectivity index (χ1v) is 35.7. The van der Waals surface area contributed by atoms with Gasteiger partial charge in [-0.3, -0.25) is 72.3 Å². The molecule has 3 aromatic rings. The largest absolute Gasteiger partial charge is 0.481 e. The molecule has 15 N–H and O–H groups in total. The number of benzene rings is 3. The Balaban J connectivity index is 1.24. The first kappa shape index (κ1) is 85.8. The molecule has 578 valence electrons. The van der Waals surface area contributed by atoms with Gasteiger partial charge in [-0.2, -0.15) is 0 Å². The molecule has 1 saturated carbocycles. The molecule has 1 aliphatic heterocycles. The van der Waals surface area contributed by atoms with Crippen molar-refractivity contribution in [1.29, 1.82) is 0 Å². The molecular weight excluding hydrogens is 1370 g/mol. The van der Waals surface area contributed by atoms with Gasteiger partial charge in [0.15, 0.2) is 0 Å². The number of urea groups is 1. The summed E-state index contributed by atoms with van der Waals surface area (Å²) in [4.78, 5) is 185. The SMILES string of the molecule is CC(C)Cc1ccc(C(C)C(=O)NC(CC(=O)O)C(=O)NCCCCC(NC(=O)CN2CCN(CC(=O)O)CCN(CC(=O)O)CCN(CC(=O)O)CC2)C(=O)NCC2CCC(C(=O)NC(Cc3ccc4ccccc4c3)C(=O)NCCCCC(NC(=O)NC(CCC(=O)O)C(=O)O)C(=O)O)CC2)cc1. The number of aliphatic carboxylic acids is 7. The summed E-state index contributed by atoms with van der Waals surface area (Å²) in [5, 5.41) is 90.0. The number of nitrogens with zero attached hydrogens (tertiary/aromatic N) is 4. The Morgan fingerprint density at radius 2 is 0.905 bits per heavy atom. The summed E-state index contributed by atoms with van der Waals surface area (Å²) in [6, 6.07) is 13.0. The molecule has 1 saturated heterocycles. The van der Waals surface area contributed by atoms with Gasteiger partial charge >= 0.3 is 47.8 Å². The normalized spacial score (nSPS) is 17.4. The standard InChI is InChI=1S/C72H104N12O21/c1-45(2)36-47-14-19-50(20-15-47)46(3)65(96)77-58(39-61(88)89)69(100)74-26-8-6-12-54(76-59(85)41-81-28-30-82(42-62(90)91)32-34-84(44-64(94)95)35-33-83(31-29-81)43-63(92)93)67(98)75-40-48-16-22-52(23-17-48)66(97)78-57(38-49-18-21-51-10-4-5-11-53(51)37-49)68(99)73-27-9-7-13-55(70(101)102)79-72(105)80-56(71(103)104)24-25-60(86)87/h4-5,10-11,14-15,18-21,37,45-46,48,52,54-58H,6-9,12-13,16-17,22-36,38-44H2,1-3H3,(H,73,99)(H,74,100)(H,75,98)(H,76,85)(H,77,96)(H,78,97)(H,86,87)(H,88,89)(H,90,91)(H,92,93)(H,94,95)(H,101,102)(H,103,104)(H2,79,80,105). The zero-order chi connectivity index (χ0) is 77.1. The van der Waals surface area contributed by atoms with Crippen LogP contribution in [0.5, 0.6) is 0 Å². The molecule has 8 amide bonds. The van der Waals surface area contributed by atoms with Crippen LogP contribution in [0.4, 0.5) is 4.79 Å². The van der Waals surface area contributed by atoms with Gasteiger partial charge in [-0.1, -0.05) is 80.6 Å². The Hall–Kier alpha value is -9.86. The van der Waals surface area contributed by atoms with Crippen LogP contribution in [0, 0.1) is 17.8 Å². The van der Waals surface area contributed by atoms with Crippen LogP contribution in [0.2, 0.25) is 0 Å². The number of rotatable bonds is 42. The molecule has 6 atom stereocenters. The van der Waals surface area contributed by atoms with Crippen LogP contribution in [-0.2, 0) is 75.2 Å². The van der Waals surface area contributed by atoms with Crippen molar-refractivity contribution in [3.8, 4) is 0 Å². The summed E-state index contributed by atoms with van der Waals surface area (Å²) in [5.41, 5.74) is 2.51. The van der Waals surface area contributed by atoms with E-state index in [2.05, 4.69) is 56.4 Å². The van der Waals surface area contributed by atoms with Gasteiger partial charge < -0.3 is 78.3 Å². The monoisotopic (exact) mass is 1470 g/mol. The number of carbonyl (C=O) groups is 14. The van der Waals surface area contributed by atoms with E-state index in [1.807, 2.05) is 66.7 Å². The van der Waals surface area contributed by atoms with Crippen LogP contribution in [-0.4, -0.2) is 267 Å². The van der Waals surface area contributed by atoms with Gasteiger partial charge in [0.1, 0.15) is 30.2 Å². The van der Waals surface area contributed by atoms with Crippen LogP contribution in [0.15, 0.2) is 66.7 Å². The van der Waals surface area contributed by atoms with Gasteiger partial charge in [-0.15, -0.1) is 0 Å². The summed E-state index contributed by atoms with van der Waals surface area (Å²) in [7, 11) is 0. The van der Waals surface area contributed by atoms with E-state index in [-0.39, 0.29) is 142 Å². The van der Waals surface area contributed by atoms with Crippen molar-refractivity contribution in [3.05, 3.63) is 83.4 Å². The molecule has 3 aromatic carbocycles. The number of hydrogen-bond acceptors (Lipinski definition) is 18. The lowest BCUT2D eigenvalue weighted by Gasteiger charge is -2.33. The van der Waals surface area contributed by atoms with Crippen LogP contribution in [0.25, 0.3) is 10.8 Å². The van der Waals surface area contributed by atoms with Crippen LogP contribution in [0.1, 0.15) is 127 Å². The van der Waals surface area contributed by atoms with Gasteiger partial charge in [0.25, 0.3) is 0 Å². The quantitative estimate of drug-likeness (QED) is 0.0356. The van der Waals surface area contributed by atoms with E-state index in [1.165, 1.54) is 0 Å². The summed E-state index contributed by atoms with van der Waals surface area (Å²) in [6.07, 6.45) is 1.78. The third-order valence-corrected chi connectivity index (χ3v) is 18.5. The van der Waals surface area contributed by atoms with Crippen molar-refractivity contribution in [3.63, 3.8) is 0 Å². The summed E-state index contributed by atoms with van der Waals surface area (Å²) < 4.78 is 0.